The number of nitrogens with one attached hydrogen (secondary N) is 1. The van der Waals surface area contributed by atoms with Crippen molar-refractivity contribution in [2.75, 3.05) is 6.54 Å². The van der Waals surface area contributed by atoms with Gasteiger partial charge in [0.25, 0.3) is 0 Å². The van der Waals surface area contributed by atoms with Crippen LogP contribution in [0.1, 0.15) is 37.4 Å². The van der Waals surface area contributed by atoms with Gasteiger partial charge in [-0.15, -0.1) is 0 Å². The Morgan fingerprint density at radius 2 is 1.90 bits per heavy atom. The van der Waals surface area contributed by atoms with E-state index in [1.165, 1.54) is 11.1 Å². The molecule has 2 rings (SSSR count). The number of rotatable bonds is 6. The zero-order valence-corrected chi connectivity index (χ0v) is 12.5. The molecule has 2 nitrogen and oxygen atoms in total. The molecule has 0 spiro atoms. The summed E-state index contributed by atoms with van der Waals surface area (Å²) < 4.78 is 6.05. The Bertz CT molecular complexity index is 551. The molecule has 0 saturated carbocycles. The maximum Gasteiger partial charge on any atom is 0.132 e. The van der Waals surface area contributed by atoms with Crippen molar-refractivity contribution in [3.05, 3.63) is 59.7 Å². The van der Waals surface area contributed by atoms with Gasteiger partial charge in [0.15, 0.2) is 0 Å². The standard InChI is InChI=1S/C18H23NO/c1-4-12-19-15(3)17-10-5-6-11-18(17)20-16-9-7-8-14(2)13-16/h5-11,13,15,19H,4,12H2,1-3H3. The average Bonchev–Trinajstić information content (AvgIpc) is 2.45. The lowest BCUT2D eigenvalue weighted by Crippen LogP contribution is -2.19. The molecule has 0 fully saturated rings. The molecular weight excluding hydrogens is 246 g/mol. The van der Waals surface area contributed by atoms with Gasteiger partial charge in [-0.05, 0) is 50.6 Å². The summed E-state index contributed by atoms with van der Waals surface area (Å²) in [6.07, 6.45) is 1.13. The largest absolute Gasteiger partial charge is 0.457 e. The lowest BCUT2D eigenvalue weighted by atomic mass is 10.1. The zero-order chi connectivity index (χ0) is 14.4. The zero-order valence-electron chi connectivity index (χ0n) is 12.5. The molecule has 0 aliphatic heterocycles. The summed E-state index contributed by atoms with van der Waals surface area (Å²) in [7, 11) is 0. The Balaban J connectivity index is 2.19. The van der Waals surface area contributed by atoms with Crippen LogP contribution in [-0.4, -0.2) is 6.54 Å². The van der Waals surface area contributed by atoms with Crippen LogP contribution in [0.15, 0.2) is 48.5 Å². The van der Waals surface area contributed by atoms with Crippen molar-refractivity contribution in [3.8, 4) is 11.5 Å². The summed E-state index contributed by atoms with van der Waals surface area (Å²) >= 11 is 0. The van der Waals surface area contributed by atoms with Crippen molar-refractivity contribution in [1.82, 2.24) is 5.32 Å². The Morgan fingerprint density at radius 3 is 2.65 bits per heavy atom. The van der Waals surface area contributed by atoms with Crippen LogP contribution in [-0.2, 0) is 0 Å². The van der Waals surface area contributed by atoms with E-state index in [9.17, 15) is 0 Å². The summed E-state index contributed by atoms with van der Waals surface area (Å²) in [5, 5.41) is 3.51. The van der Waals surface area contributed by atoms with Crippen LogP contribution in [0.2, 0.25) is 0 Å². The van der Waals surface area contributed by atoms with Gasteiger partial charge in [-0.1, -0.05) is 37.3 Å². The van der Waals surface area contributed by atoms with Crippen molar-refractivity contribution in [3.63, 3.8) is 0 Å². The van der Waals surface area contributed by atoms with Crippen molar-refractivity contribution < 1.29 is 4.74 Å². The van der Waals surface area contributed by atoms with Crippen molar-refractivity contribution in [2.45, 2.75) is 33.2 Å². The maximum atomic E-state index is 6.05. The Hall–Kier alpha value is -1.80. The lowest BCUT2D eigenvalue weighted by Gasteiger charge is -2.18. The van der Waals surface area contributed by atoms with Crippen LogP contribution in [0.4, 0.5) is 0 Å². The third-order valence-corrected chi connectivity index (χ3v) is 3.30. The minimum atomic E-state index is 0.288. The highest BCUT2D eigenvalue weighted by atomic mass is 16.5. The van der Waals surface area contributed by atoms with E-state index in [0.29, 0.717) is 0 Å². The topological polar surface area (TPSA) is 21.3 Å². The molecular formula is C18H23NO. The van der Waals surface area contributed by atoms with E-state index in [4.69, 9.17) is 4.74 Å². The van der Waals surface area contributed by atoms with Gasteiger partial charge in [-0.25, -0.2) is 0 Å². The summed E-state index contributed by atoms with van der Waals surface area (Å²) in [5.74, 6) is 1.81. The highest BCUT2D eigenvalue weighted by molar-refractivity contribution is 5.40. The molecule has 0 aliphatic rings. The Kier molecular flexibility index (Phi) is 5.19. The molecule has 106 valence electrons. The first kappa shape index (κ1) is 14.6. The molecule has 2 heteroatoms. The second-order valence-electron chi connectivity index (χ2n) is 5.13. The quantitative estimate of drug-likeness (QED) is 0.809. The van der Waals surface area contributed by atoms with Crippen LogP contribution in [0.25, 0.3) is 0 Å². The highest BCUT2D eigenvalue weighted by Crippen LogP contribution is 2.29. The van der Waals surface area contributed by atoms with Crippen molar-refractivity contribution in [2.24, 2.45) is 0 Å². The number of aryl methyl sites for hydroxylation is 1. The maximum absolute atomic E-state index is 6.05. The van der Waals surface area contributed by atoms with Gasteiger partial charge in [0.05, 0.1) is 0 Å². The molecule has 0 aromatic heterocycles. The van der Waals surface area contributed by atoms with Crippen LogP contribution in [0.3, 0.4) is 0 Å². The smallest absolute Gasteiger partial charge is 0.132 e. The molecule has 0 saturated heterocycles. The fraction of sp³-hybridized carbons (Fsp3) is 0.333. The third kappa shape index (κ3) is 3.84. The van der Waals surface area contributed by atoms with Crippen molar-refractivity contribution in [1.29, 1.82) is 0 Å². The molecule has 2 aromatic carbocycles. The fourth-order valence-corrected chi connectivity index (χ4v) is 2.21. The van der Waals surface area contributed by atoms with Gasteiger partial charge in [-0.2, -0.15) is 0 Å². The van der Waals surface area contributed by atoms with Crippen LogP contribution in [0.5, 0.6) is 11.5 Å². The monoisotopic (exact) mass is 269 g/mol. The van der Waals surface area contributed by atoms with Gasteiger partial charge in [-0.3, -0.25) is 0 Å². The van der Waals surface area contributed by atoms with Crippen molar-refractivity contribution >= 4 is 0 Å². The summed E-state index contributed by atoms with van der Waals surface area (Å²) in [6, 6.07) is 16.7. The first-order valence-corrected chi connectivity index (χ1v) is 7.27. The third-order valence-electron chi connectivity index (χ3n) is 3.30. The summed E-state index contributed by atoms with van der Waals surface area (Å²) in [5.41, 5.74) is 2.40. The minimum absolute atomic E-state index is 0.288. The molecule has 1 unspecified atom stereocenters. The van der Waals surface area contributed by atoms with E-state index in [-0.39, 0.29) is 6.04 Å². The van der Waals surface area contributed by atoms with Gasteiger partial charge in [0.2, 0.25) is 0 Å². The number of hydrogen-bond donors (Lipinski definition) is 1. The molecule has 0 bridgehead atoms. The lowest BCUT2D eigenvalue weighted by molar-refractivity contribution is 0.460. The second kappa shape index (κ2) is 7.11. The molecule has 0 radical (unpaired) electrons. The summed E-state index contributed by atoms with van der Waals surface area (Å²) in [4.78, 5) is 0. The summed E-state index contributed by atoms with van der Waals surface area (Å²) in [6.45, 7) is 7.44. The molecule has 1 atom stereocenters. The molecule has 20 heavy (non-hydrogen) atoms. The molecule has 1 N–H and O–H groups in total. The van der Waals surface area contributed by atoms with E-state index in [1.807, 2.05) is 24.3 Å². The number of hydrogen-bond acceptors (Lipinski definition) is 2. The Labute approximate surface area is 121 Å². The number of benzene rings is 2. The Morgan fingerprint density at radius 1 is 1.10 bits per heavy atom. The van der Waals surface area contributed by atoms with E-state index in [2.05, 4.69) is 50.4 Å². The van der Waals surface area contributed by atoms with Gasteiger partial charge >= 0.3 is 0 Å². The van der Waals surface area contributed by atoms with E-state index < -0.39 is 0 Å². The molecule has 0 aliphatic carbocycles. The predicted octanol–water partition coefficient (Wildman–Crippen LogP) is 4.85. The normalized spacial score (nSPS) is 12.2. The second-order valence-corrected chi connectivity index (χ2v) is 5.13. The van der Waals surface area contributed by atoms with E-state index >= 15 is 0 Å². The van der Waals surface area contributed by atoms with Crippen LogP contribution in [0, 0.1) is 6.92 Å². The van der Waals surface area contributed by atoms with Gasteiger partial charge < -0.3 is 10.1 Å². The molecule has 2 aromatic rings. The minimum Gasteiger partial charge on any atom is -0.457 e. The molecule has 0 heterocycles. The van der Waals surface area contributed by atoms with Crippen LogP contribution >= 0.6 is 0 Å². The number of ether oxygens (including phenoxy) is 1. The fourth-order valence-electron chi connectivity index (χ4n) is 2.21. The first-order valence-electron chi connectivity index (χ1n) is 7.27. The average molecular weight is 269 g/mol. The van der Waals surface area contributed by atoms with Gasteiger partial charge in [0, 0.05) is 11.6 Å². The van der Waals surface area contributed by atoms with Crippen LogP contribution < -0.4 is 10.1 Å². The van der Waals surface area contributed by atoms with E-state index in [1.54, 1.807) is 0 Å². The SMILES string of the molecule is CCCNC(C)c1ccccc1Oc1cccc(C)c1. The van der Waals surface area contributed by atoms with E-state index in [0.717, 1.165) is 24.5 Å². The highest BCUT2D eigenvalue weighted by Gasteiger charge is 2.11. The number of para-hydroxylation sites is 1. The molecule has 0 amide bonds. The first-order chi connectivity index (χ1) is 9.70. The van der Waals surface area contributed by atoms with Gasteiger partial charge in [0.1, 0.15) is 11.5 Å². The predicted molar refractivity (Wildman–Crippen MR) is 84.4 cm³/mol.